The maximum absolute atomic E-state index is 12.4. The molecular weight excluding hydrogens is 397 g/mol. The molecule has 2 aromatic rings. The van der Waals surface area contributed by atoms with Gasteiger partial charge in [-0.15, -0.1) is 0 Å². The minimum atomic E-state index is -3.48. The third-order valence-corrected chi connectivity index (χ3v) is 6.60. The van der Waals surface area contributed by atoms with Crippen molar-refractivity contribution in [2.24, 2.45) is 0 Å². The third kappa shape index (κ3) is 4.28. The minimum absolute atomic E-state index is 0.0732. The normalized spacial score (nSPS) is 14.6. The van der Waals surface area contributed by atoms with Crippen molar-refractivity contribution in [3.8, 4) is 0 Å². The second-order valence-electron chi connectivity index (χ2n) is 5.04. The number of nitrogens with one attached hydrogen (secondary N) is 1. The van der Waals surface area contributed by atoms with Crippen LogP contribution in [-0.4, -0.2) is 14.5 Å². The quantitative estimate of drug-likeness (QED) is 0.596. The van der Waals surface area contributed by atoms with Gasteiger partial charge in [0.15, 0.2) is 0 Å². The van der Waals surface area contributed by atoms with Crippen LogP contribution in [0.3, 0.4) is 0 Å². The second kappa shape index (κ2) is 6.89. The van der Waals surface area contributed by atoms with Crippen molar-refractivity contribution in [3.63, 3.8) is 0 Å². The Hall–Kier alpha value is -0.920. The molecule has 0 bridgehead atoms. The van der Waals surface area contributed by atoms with Gasteiger partial charge in [-0.05, 0) is 31.5 Å². The molecule has 0 fully saturated rings. The summed E-state index contributed by atoms with van der Waals surface area (Å²) in [5, 5.41) is 0. The molecule has 0 radical (unpaired) electrons. The van der Waals surface area contributed by atoms with Crippen LogP contribution >= 0.6 is 22.6 Å². The zero-order valence-electron chi connectivity index (χ0n) is 12.0. The molecule has 2 unspecified atom stereocenters. The fourth-order valence-corrected chi connectivity index (χ4v) is 4.11. The molecule has 1 N–H and O–H groups in total. The van der Waals surface area contributed by atoms with Gasteiger partial charge in [-0.1, -0.05) is 70.6 Å². The van der Waals surface area contributed by atoms with Gasteiger partial charge in [-0.3, -0.25) is 0 Å². The molecule has 0 aliphatic carbocycles. The van der Waals surface area contributed by atoms with E-state index in [2.05, 4.69) is 27.3 Å². The van der Waals surface area contributed by atoms with Gasteiger partial charge in [0.25, 0.3) is 0 Å². The average Bonchev–Trinajstić information content (AvgIpc) is 2.47. The van der Waals surface area contributed by atoms with E-state index in [1.165, 1.54) is 0 Å². The summed E-state index contributed by atoms with van der Waals surface area (Å²) in [6.45, 7) is 3.82. The molecule has 0 aromatic heterocycles. The number of hydrogen-bond acceptors (Lipinski definition) is 2. The Kier molecular flexibility index (Phi) is 5.40. The minimum Gasteiger partial charge on any atom is -0.207 e. The Balaban J connectivity index is 2.14. The van der Waals surface area contributed by atoms with Crippen molar-refractivity contribution in [2.45, 2.75) is 28.7 Å². The fraction of sp³-hybridized carbons (Fsp3) is 0.250. The molecule has 2 atom stereocenters. The van der Waals surface area contributed by atoms with Gasteiger partial charge in [-0.2, -0.15) is 0 Å². The van der Waals surface area contributed by atoms with Crippen molar-refractivity contribution in [2.75, 3.05) is 0 Å². The Bertz CT molecular complexity index is 684. The predicted molar refractivity (Wildman–Crippen MR) is 94.2 cm³/mol. The van der Waals surface area contributed by atoms with Gasteiger partial charge in [0.1, 0.15) is 0 Å². The van der Waals surface area contributed by atoms with Gasteiger partial charge in [0.2, 0.25) is 10.0 Å². The van der Waals surface area contributed by atoms with E-state index in [1.54, 1.807) is 24.3 Å². The maximum atomic E-state index is 12.4. The van der Waals surface area contributed by atoms with E-state index in [-0.39, 0.29) is 9.97 Å². The molecule has 2 aromatic carbocycles. The first kappa shape index (κ1) is 16.5. The summed E-state index contributed by atoms with van der Waals surface area (Å²) < 4.78 is 27.6. The van der Waals surface area contributed by atoms with E-state index in [9.17, 15) is 8.42 Å². The van der Waals surface area contributed by atoms with Crippen LogP contribution in [0.4, 0.5) is 0 Å². The molecule has 0 amide bonds. The zero-order valence-corrected chi connectivity index (χ0v) is 14.9. The number of aryl methyl sites for hydroxylation is 1. The predicted octanol–water partition coefficient (Wildman–Crippen LogP) is 3.84. The van der Waals surface area contributed by atoms with Crippen LogP contribution in [0, 0.1) is 6.92 Å². The average molecular weight is 415 g/mol. The van der Waals surface area contributed by atoms with Gasteiger partial charge in [0.05, 0.1) is 8.82 Å². The lowest BCUT2D eigenvalue weighted by Gasteiger charge is -2.20. The first-order valence-corrected chi connectivity index (χ1v) is 9.41. The van der Waals surface area contributed by atoms with Crippen molar-refractivity contribution in [1.29, 1.82) is 0 Å². The van der Waals surface area contributed by atoms with Crippen LogP contribution in [0.25, 0.3) is 0 Å². The van der Waals surface area contributed by atoms with Crippen LogP contribution in [0.15, 0.2) is 59.5 Å². The molecular formula is C16H18INO2S. The van der Waals surface area contributed by atoms with E-state index in [1.807, 2.05) is 44.2 Å². The van der Waals surface area contributed by atoms with E-state index >= 15 is 0 Å². The molecule has 2 rings (SSSR count). The highest BCUT2D eigenvalue weighted by atomic mass is 127. The summed E-state index contributed by atoms with van der Waals surface area (Å²) in [6.07, 6.45) is 0. The summed E-state index contributed by atoms with van der Waals surface area (Å²) in [5.74, 6) is 0. The van der Waals surface area contributed by atoms with E-state index in [0.29, 0.717) is 4.90 Å². The molecule has 112 valence electrons. The van der Waals surface area contributed by atoms with Crippen LogP contribution in [-0.2, 0) is 10.0 Å². The number of rotatable bonds is 5. The largest absolute Gasteiger partial charge is 0.240 e. The first-order valence-electron chi connectivity index (χ1n) is 6.68. The Morgan fingerprint density at radius 1 is 1.00 bits per heavy atom. The summed E-state index contributed by atoms with van der Waals surface area (Å²) >= 11 is 2.27. The number of alkyl halides is 1. The van der Waals surface area contributed by atoms with E-state index < -0.39 is 10.0 Å². The Morgan fingerprint density at radius 3 is 2.14 bits per heavy atom. The van der Waals surface area contributed by atoms with Crippen molar-refractivity contribution < 1.29 is 8.42 Å². The number of hydrogen-bond donors (Lipinski definition) is 1. The summed E-state index contributed by atoms with van der Waals surface area (Å²) in [4.78, 5) is 0.302. The second-order valence-corrected chi connectivity index (χ2v) is 8.09. The topological polar surface area (TPSA) is 46.2 Å². The lowest BCUT2D eigenvalue weighted by Crippen LogP contribution is -2.35. The number of benzene rings is 2. The zero-order chi connectivity index (χ0) is 15.5. The summed E-state index contributed by atoms with van der Waals surface area (Å²) in [6, 6.07) is 16.6. The molecule has 0 aliphatic rings. The lowest BCUT2D eigenvalue weighted by molar-refractivity contribution is 0.560. The standard InChI is InChI=1S/C16H18INO2S/c1-12-8-10-15(11-9-12)21(19,20)18-13(2)16(17)14-6-4-3-5-7-14/h3-11,13,16,18H,1-2H3. The van der Waals surface area contributed by atoms with Gasteiger partial charge in [0, 0.05) is 6.04 Å². The maximum Gasteiger partial charge on any atom is 0.240 e. The molecule has 0 spiro atoms. The first-order chi connectivity index (χ1) is 9.90. The van der Waals surface area contributed by atoms with Crippen LogP contribution in [0.2, 0.25) is 0 Å². The molecule has 0 saturated heterocycles. The monoisotopic (exact) mass is 415 g/mol. The lowest BCUT2D eigenvalue weighted by atomic mass is 10.1. The highest BCUT2D eigenvalue weighted by molar-refractivity contribution is 14.1. The molecule has 5 heteroatoms. The van der Waals surface area contributed by atoms with Crippen molar-refractivity contribution >= 4 is 32.6 Å². The molecule has 0 aliphatic heterocycles. The smallest absolute Gasteiger partial charge is 0.207 e. The van der Waals surface area contributed by atoms with Gasteiger partial charge >= 0.3 is 0 Å². The number of sulfonamides is 1. The fourth-order valence-electron chi connectivity index (χ4n) is 2.02. The summed E-state index contributed by atoms with van der Waals surface area (Å²) in [5.41, 5.74) is 2.15. The Morgan fingerprint density at radius 2 is 1.57 bits per heavy atom. The molecule has 0 saturated carbocycles. The molecule has 0 heterocycles. The molecule has 21 heavy (non-hydrogen) atoms. The third-order valence-electron chi connectivity index (χ3n) is 3.23. The SMILES string of the molecule is Cc1ccc(S(=O)(=O)NC(C)C(I)c2ccccc2)cc1. The van der Waals surface area contributed by atoms with Crippen LogP contribution in [0.1, 0.15) is 22.0 Å². The van der Waals surface area contributed by atoms with Crippen LogP contribution in [0.5, 0.6) is 0 Å². The highest BCUT2D eigenvalue weighted by Crippen LogP contribution is 2.27. The van der Waals surface area contributed by atoms with Crippen molar-refractivity contribution in [3.05, 3.63) is 65.7 Å². The van der Waals surface area contributed by atoms with Gasteiger partial charge < -0.3 is 0 Å². The van der Waals surface area contributed by atoms with Crippen LogP contribution < -0.4 is 4.72 Å². The van der Waals surface area contributed by atoms with Crippen molar-refractivity contribution in [1.82, 2.24) is 4.72 Å². The van der Waals surface area contributed by atoms with E-state index in [4.69, 9.17) is 0 Å². The Labute approximate surface area is 140 Å². The van der Waals surface area contributed by atoms with Gasteiger partial charge in [-0.25, -0.2) is 13.1 Å². The molecule has 3 nitrogen and oxygen atoms in total. The summed E-state index contributed by atoms with van der Waals surface area (Å²) in [7, 11) is -3.48. The highest BCUT2D eigenvalue weighted by Gasteiger charge is 2.22. The number of halogens is 1. The van der Waals surface area contributed by atoms with E-state index in [0.717, 1.165) is 11.1 Å².